The van der Waals surface area contributed by atoms with Crippen LogP contribution in [0.5, 0.6) is 0 Å². The van der Waals surface area contributed by atoms with E-state index >= 15 is 0 Å². The van der Waals surface area contributed by atoms with Gasteiger partial charge < -0.3 is 4.79 Å². The molecule has 0 saturated carbocycles. The summed E-state index contributed by atoms with van der Waals surface area (Å²) in [5.41, 5.74) is -3.89. The maximum atomic E-state index is 13.4. The summed E-state index contributed by atoms with van der Waals surface area (Å²) in [6.45, 7) is 3.34. The highest BCUT2D eigenvalue weighted by Gasteiger charge is 2.77. The van der Waals surface area contributed by atoms with Crippen molar-refractivity contribution in [1.82, 2.24) is 4.90 Å². The van der Waals surface area contributed by atoms with E-state index in [4.69, 9.17) is 0 Å². The number of carbonyl (C=O) groups is 2. The van der Waals surface area contributed by atoms with Crippen LogP contribution >= 0.6 is 0 Å². The Morgan fingerprint density at radius 1 is 1.18 bits per heavy atom. The molecule has 1 heterocycles. The lowest BCUT2D eigenvalue weighted by Crippen LogP contribution is -2.75. The molecule has 1 aromatic carbocycles. The number of benzene rings is 1. The maximum Gasteiger partial charge on any atom is 0.306 e. The predicted octanol–water partition coefficient (Wildman–Crippen LogP) is 2.08. The van der Waals surface area contributed by atoms with Crippen LogP contribution in [0.25, 0.3) is 0 Å². The van der Waals surface area contributed by atoms with Gasteiger partial charge >= 0.3 is 5.54 Å². The van der Waals surface area contributed by atoms with E-state index in [0.717, 1.165) is 6.42 Å². The van der Waals surface area contributed by atoms with Crippen molar-refractivity contribution in [3.05, 3.63) is 55.6 Å². The summed E-state index contributed by atoms with van der Waals surface area (Å²) in [6, 6.07) is 6.05. The first-order valence-electron chi connectivity index (χ1n) is 9.37. The average molecular weight is 389 g/mol. The van der Waals surface area contributed by atoms with Crippen molar-refractivity contribution in [3.63, 3.8) is 0 Å². The molecule has 0 N–H and O–H groups in total. The van der Waals surface area contributed by atoms with Crippen molar-refractivity contribution >= 4 is 11.6 Å². The fraction of sp³-hybridized carbons (Fsp3) is 0.579. The van der Waals surface area contributed by atoms with Crippen LogP contribution in [0.2, 0.25) is 0 Å². The van der Waals surface area contributed by atoms with Gasteiger partial charge in [0, 0.05) is 27.4 Å². The van der Waals surface area contributed by atoms with Gasteiger partial charge in [0.05, 0.1) is 13.1 Å². The fourth-order valence-electron chi connectivity index (χ4n) is 4.86. The van der Waals surface area contributed by atoms with Crippen LogP contribution < -0.4 is 0 Å². The van der Waals surface area contributed by atoms with E-state index < -0.39 is 38.4 Å². The Balaban J connectivity index is 2.34. The lowest BCUT2D eigenvalue weighted by molar-refractivity contribution is -0.640. The minimum Gasteiger partial charge on any atom is -0.300 e. The first-order chi connectivity index (χ1) is 13.2. The summed E-state index contributed by atoms with van der Waals surface area (Å²) in [7, 11) is 0. The topological polar surface area (TPSA) is 124 Å². The molecular weight excluding hydrogens is 366 g/mol. The predicted molar refractivity (Wildman–Crippen MR) is 99.3 cm³/mol. The van der Waals surface area contributed by atoms with Gasteiger partial charge in [-0.15, -0.1) is 0 Å². The third-order valence-corrected chi connectivity index (χ3v) is 6.08. The summed E-state index contributed by atoms with van der Waals surface area (Å²) in [5, 5.41) is 24.8. The Bertz CT molecular complexity index is 856. The molecule has 1 unspecified atom stereocenters. The standard InChI is InChI=1S/C19H23N3O6/c1-3-4-9-20-11-18(21(25)26)15-8-6-5-7-14(15)17(24)19(12-20,22(27)28)16(18)10-13(2)23/h5-8,16H,3-4,9-12H2,1-2H3/t16?,18-,19-/m0/s1. The lowest BCUT2D eigenvalue weighted by Gasteiger charge is -2.50. The molecule has 1 aliphatic heterocycles. The van der Waals surface area contributed by atoms with Gasteiger partial charge in [-0.25, -0.2) is 0 Å². The van der Waals surface area contributed by atoms with Crippen LogP contribution in [0.15, 0.2) is 24.3 Å². The van der Waals surface area contributed by atoms with Crippen LogP contribution in [0.1, 0.15) is 49.0 Å². The third-order valence-electron chi connectivity index (χ3n) is 6.08. The van der Waals surface area contributed by atoms with E-state index in [9.17, 15) is 29.8 Å². The van der Waals surface area contributed by atoms with Crippen molar-refractivity contribution in [2.45, 2.75) is 44.2 Å². The van der Waals surface area contributed by atoms with Crippen molar-refractivity contribution in [1.29, 1.82) is 0 Å². The molecular formula is C19H23N3O6. The quantitative estimate of drug-likeness (QED) is 0.516. The van der Waals surface area contributed by atoms with E-state index in [1.807, 2.05) is 6.92 Å². The highest BCUT2D eigenvalue weighted by Crippen LogP contribution is 2.53. The number of nitrogens with zero attached hydrogens (tertiary/aromatic N) is 3. The SMILES string of the molecule is CCCCN1C[C@]2([N+](=O)[O-])c3ccccc3C(=O)[C@]([N+](=O)[O-])(C1)C2CC(C)=O. The monoisotopic (exact) mass is 389 g/mol. The van der Waals surface area contributed by atoms with Crippen molar-refractivity contribution < 1.29 is 19.4 Å². The first-order valence-corrected chi connectivity index (χ1v) is 9.37. The van der Waals surface area contributed by atoms with Gasteiger partial charge in [0.1, 0.15) is 11.7 Å². The van der Waals surface area contributed by atoms with Gasteiger partial charge in [0.25, 0.3) is 5.54 Å². The molecule has 1 saturated heterocycles. The molecule has 0 radical (unpaired) electrons. The highest BCUT2D eigenvalue weighted by molar-refractivity contribution is 6.06. The average Bonchev–Trinajstić information content (AvgIpc) is 2.64. The first kappa shape index (κ1) is 20.1. The highest BCUT2D eigenvalue weighted by atomic mass is 16.6. The van der Waals surface area contributed by atoms with E-state index in [1.54, 1.807) is 17.0 Å². The van der Waals surface area contributed by atoms with E-state index in [-0.39, 0.29) is 30.6 Å². The fourth-order valence-corrected chi connectivity index (χ4v) is 4.86. The van der Waals surface area contributed by atoms with E-state index in [0.29, 0.717) is 13.0 Å². The zero-order valence-corrected chi connectivity index (χ0v) is 15.9. The minimum atomic E-state index is -2.21. The van der Waals surface area contributed by atoms with Gasteiger partial charge in [-0.1, -0.05) is 37.6 Å². The molecule has 28 heavy (non-hydrogen) atoms. The zero-order chi connectivity index (χ0) is 20.7. The van der Waals surface area contributed by atoms with Crippen LogP contribution in [0.3, 0.4) is 0 Å². The van der Waals surface area contributed by atoms with E-state index in [2.05, 4.69) is 0 Å². The Morgan fingerprint density at radius 2 is 1.79 bits per heavy atom. The summed E-state index contributed by atoms with van der Waals surface area (Å²) in [6.07, 6.45) is 1.13. The smallest absolute Gasteiger partial charge is 0.300 e. The molecule has 2 bridgehead atoms. The van der Waals surface area contributed by atoms with Crippen molar-refractivity contribution in [2.75, 3.05) is 19.6 Å². The Morgan fingerprint density at radius 3 is 2.36 bits per heavy atom. The summed E-state index contributed by atoms with van der Waals surface area (Å²) in [4.78, 5) is 50.6. The molecule has 1 fully saturated rings. The number of piperidine rings is 1. The number of carbonyl (C=O) groups excluding carboxylic acids is 2. The third kappa shape index (κ3) is 2.64. The van der Waals surface area contributed by atoms with Crippen molar-refractivity contribution in [3.8, 4) is 0 Å². The molecule has 1 aromatic rings. The largest absolute Gasteiger partial charge is 0.306 e. The number of likely N-dealkylation sites (tertiary alicyclic amines) is 1. The van der Waals surface area contributed by atoms with Crippen LogP contribution in [-0.2, 0) is 10.3 Å². The molecule has 150 valence electrons. The van der Waals surface area contributed by atoms with Gasteiger partial charge in [-0.2, -0.15) is 0 Å². The van der Waals surface area contributed by atoms with Gasteiger partial charge in [0.2, 0.25) is 5.78 Å². The summed E-state index contributed by atoms with van der Waals surface area (Å²) < 4.78 is 0. The Kier molecular flexibility index (Phi) is 5.05. The molecule has 0 aromatic heterocycles. The van der Waals surface area contributed by atoms with Crippen LogP contribution in [-0.4, -0.2) is 51.5 Å². The molecule has 1 aliphatic carbocycles. The van der Waals surface area contributed by atoms with E-state index in [1.165, 1.54) is 19.1 Å². The van der Waals surface area contributed by atoms with Crippen molar-refractivity contribution in [2.24, 2.45) is 5.92 Å². The summed E-state index contributed by atoms with van der Waals surface area (Å²) in [5.74, 6) is -2.47. The number of Topliss-reactive ketones (excluding diaryl/α,β-unsaturated/α-hetero) is 2. The zero-order valence-electron chi connectivity index (χ0n) is 15.9. The molecule has 9 nitrogen and oxygen atoms in total. The van der Waals surface area contributed by atoms with Gasteiger partial charge in [-0.3, -0.25) is 29.9 Å². The molecule has 0 amide bonds. The number of nitro groups is 2. The lowest BCUT2D eigenvalue weighted by atomic mass is 9.56. The maximum absolute atomic E-state index is 13.4. The number of hydrogen-bond donors (Lipinski definition) is 0. The summed E-state index contributed by atoms with van der Waals surface area (Å²) >= 11 is 0. The van der Waals surface area contributed by atoms with Crippen LogP contribution in [0.4, 0.5) is 0 Å². The molecule has 0 spiro atoms. The van der Waals surface area contributed by atoms with Crippen LogP contribution in [0, 0.1) is 26.1 Å². The second-order valence-corrected chi connectivity index (χ2v) is 7.76. The molecule has 2 aliphatic rings. The van der Waals surface area contributed by atoms with Gasteiger partial charge in [0.15, 0.2) is 0 Å². The molecule has 3 atom stereocenters. The molecule has 3 rings (SSSR count). The second kappa shape index (κ2) is 7.05. The molecule has 9 heteroatoms. The Labute approximate surface area is 162 Å². The minimum absolute atomic E-state index is 0.0193. The number of unbranched alkanes of at least 4 members (excludes halogenated alkanes) is 1. The normalized spacial score (nSPS) is 29.2. The van der Waals surface area contributed by atoms with Gasteiger partial charge in [-0.05, 0) is 19.9 Å². The number of ketones is 2. The Hall–Kier alpha value is -2.68. The second-order valence-electron chi connectivity index (χ2n) is 7.76. The number of fused-ring (bicyclic) bond motifs is 4. The number of rotatable bonds is 7. The number of hydrogen-bond acceptors (Lipinski definition) is 7.